The molecule has 2 rings (SSSR count). The SMILES string of the molecule is NCc1nncn1Cc1cccc(F)c1. The van der Waals surface area contributed by atoms with Crippen molar-refractivity contribution in [1.29, 1.82) is 0 Å². The molecule has 0 aliphatic carbocycles. The lowest BCUT2D eigenvalue weighted by Crippen LogP contribution is -2.08. The predicted octanol–water partition coefficient (Wildman–Crippen LogP) is 0.924. The van der Waals surface area contributed by atoms with Crippen molar-refractivity contribution in [2.45, 2.75) is 13.1 Å². The van der Waals surface area contributed by atoms with Crippen molar-refractivity contribution in [3.05, 3.63) is 47.8 Å². The zero-order valence-corrected chi connectivity index (χ0v) is 8.10. The number of rotatable bonds is 3. The van der Waals surface area contributed by atoms with Gasteiger partial charge in [-0.25, -0.2) is 4.39 Å². The van der Waals surface area contributed by atoms with Gasteiger partial charge >= 0.3 is 0 Å². The topological polar surface area (TPSA) is 56.7 Å². The van der Waals surface area contributed by atoms with Gasteiger partial charge < -0.3 is 10.3 Å². The van der Waals surface area contributed by atoms with Crippen molar-refractivity contribution in [3.63, 3.8) is 0 Å². The summed E-state index contributed by atoms with van der Waals surface area (Å²) in [7, 11) is 0. The van der Waals surface area contributed by atoms with E-state index in [9.17, 15) is 4.39 Å². The highest BCUT2D eigenvalue weighted by atomic mass is 19.1. The normalized spacial score (nSPS) is 10.5. The Morgan fingerprint density at radius 3 is 3.00 bits per heavy atom. The highest BCUT2D eigenvalue weighted by Gasteiger charge is 2.02. The van der Waals surface area contributed by atoms with Gasteiger partial charge in [0.1, 0.15) is 18.0 Å². The molecule has 0 bridgehead atoms. The lowest BCUT2D eigenvalue weighted by atomic mass is 10.2. The van der Waals surface area contributed by atoms with Gasteiger partial charge in [-0.15, -0.1) is 10.2 Å². The fraction of sp³-hybridized carbons (Fsp3) is 0.200. The van der Waals surface area contributed by atoms with Crippen LogP contribution in [0, 0.1) is 5.82 Å². The van der Waals surface area contributed by atoms with E-state index in [0.717, 1.165) is 5.56 Å². The molecule has 0 radical (unpaired) electrons. The molecule has 0 saturated heterocycles. The maximum absolute atomic E-state index is 12.9. The lowest BCUT2D eigenvalue weighted by molar-refractivity contribution is 0.622. The second kappa shape index (κ2) is 4.18. The van der Waals surface area contributed by atoms with E-state index in [1.807, 2.05) is 6.07 Å². The second-order valence-corrected chi connectivity index (χ2v) is 3.21. The number of benzene rings is 1. The summed E-state index contributed by atoms with van der Waals surface area (Å²) in [6.45, 7) is 0.868. The van der Waals surface area contributed by atoms with Crippen LogP contribution in [-0.2, 0) is 13.1 Å². The number of aromatic nitrogens is 3. The summed E-state index contributed by atoms with van der Waals surface area (Å²) in [5.41, 5.74) is 6.35. The summed E-state index contributed by atoms with van der Waals surface area (Å²) in [4.78, 5) is 0. The van der Waals surface area contributed by atoms with Crippen LogP contribution in [0.25, 0.3) is 0 Å². The summed E-state index contributed by atoms with van der Waals surface area (Å²) in [5.74, 6) is 0.453. The average Bonchev–Trinajstić information content (AvgIpc) is 2.65. The molecule has 0 amide bonds. The molecule has 0 aliphatic rings. The van der Waals surface area contributed by atoms with Crippen LogP contribution in [0.2, 0.25) is 0 Å². The minimum atomic E-state index is -0.241. The van der Waals surface area contributed by atoms with Gasteiger partial charge in [0.15, 0.2) is 0 Å². The van der Waals surface area contributed by atoms with Crippen LogP contribution in [0.15, 0.2) is 30.6 Å². The molecule has 1 heterocycles. The van der Waals surface area contributed by atoms with Crippen molar-refractivity contribution >= 4 is 0 Å². The zero-order valence-electron chi connectivity index (χ0n) is 8.10. The first kappa shape index (κ1) is 9.79. The van der Waals surface area contributed by atoms with Crippen LogP contribution in [0.4, 0.5) is 4.39 Å². The molecule has 78 valence electrons. The number of nitrogens with zero attached hydrogens (tertiary/aromatic N) is 3. The fourth-order valence-electron chi connectivity index (χ4n) is 1.40. The zero-order chi connectivity index (χ0) is 10.7. The highest BCUT2D eigenvalue weighted by Crippen LogP contribution is 2.06. The van der Waals surface area contributed by atoms with Crippen LogP contribution < -0.4 is 5.73 Å². The molecule has 0 aliphatic heterocycles. The van der Waals surface area contributed by atoms with Crippen LogP contribution >= 0.6 is 0 Å². The Morgan fingerprint density at radius 2 is 2.27 bits per heavy atom. The third-order valence-corrected chi connectivity index (χ3v) is 2.12. The van der Waals surface area contributed by atoms with Gasteiger partial charge in [-0.05, 0) is 17.7 Å². The fourth-order valence-corrected chi connectivity index (χ4v) is 1.40. The molecule has 4 nitrogen and oxygen atoms in total. The third kappa shape index (κ3) is 2.19. The van der Waals surface area contributed by atoms with E-state index in [4.69, 9.17) is 5.73 Å². The van der Waals surface area contributed by atoms with Gasteiger partial charge in [0.25, 0.3) is 0 Å². The summed E-state index contributed by atoms with van der Waals surface area (Å²) < 4.78 is 14.7. The van der Waals surface area contributed by atoms with E-state index in [1.165, 1.54) is 12.1 Å². The Balaban J connectivity index is 2.22. The largest absolute Gasteiger partial charge is 0.324 e. The average molecular weight is 206 g/mol. The van der Waals surface area contributed by atoms with Gasteiger partial charge in [-0.3, -0.25) is 0 Å². The highest BCUT2D eigenvalue weighted by molar-refractivity contribution is 5.16. The molecule has 1 aromatic carbocycles. The summed E-state index contributed by atoms with van der Waals surface area (Å²) in [5, 5.41) is 7.60. The molecule has 15 heavy (non-hydrogen) atoms. The van der Waals surface area contributed by atoms with Gasteiger partial charge in [0.05, 0.1) is 13.1 Å². The minimum absolute atomic E-state index is 0.241. The monoisotopic (exact) mass is 206 g/mol. The quantitative estimate of drug-likeness (QED) is 0.812. The van der Waals surface area contributed by atoms with Gasteiger partial charge in [-0.1, -0.05) is 12.1 Å². The van der Waals surface area contributed by atoms with Crippen LogP contribution in [0.3, 0.4) is 0 Å². The van der Waals surface area contributed by atoms with E-state index < -0.39 is 0 Å². The van der Waals surface area contributed by atoms with Crippen molar-refractivity contribution in [3.8, 4) is 0 Å². The Hall–Kier alpha value is -1.75. The maximum atomic E-state index is 12.9. The van der Waals surface area contributed by atoms with Crippen molar-refractivity contribution < 1.29 is 4.39 Å². The molecule has 2 aromatic rings. The molecule has 0 fully saturated rings. The van der Waals surface area contributed by atoms with E-state index >= 15 is 0 Å². The Kier molecular flexibility index (Phi) is 2.73. The molecule has 0 unspecified atom stereocenters. The van der Waals surface area contributed by atoms with E-state index in [-0.39, 0.29) is 5.82 Å². The molecule has 0 spiro atoms. The van der Waals surface area contributed by atoms with Gasteiger partial charge in [0, 0.05) is 0 Å². The van der Waals surface area contributed by atoms with Crippen molar-refractivity contribution in [2.75, 3.05) is 0 Å². The standard InChI is InChI=1S/C10H11FN4/c11-9-3-1-2-8(4-9)6-15-7-13-14-10(15)5-12/h1-4,7H,5-6,12H2. The number of nitrogens with two attached hydrogens (primary N) is 1. The number of hydrogen-bond acceptors (Lipinski definition) is 3. The molecular weight excluding hydrogens is 195 g/mol. The van der Waals surface area contributed by atoms with Crippen LogP contribution in [0.5, 0.6) is 0 Å². The Bertz CT molecular complexity index is 452. The first-order valence-corrected chi connectivity index (χ1v) is 4.61. The van der Waals surface area contributed by atoms with Crippen molar-refractivity contribution in [1.82, 2.24) is 14.8 Å². The van der Waals surface area contributed by atoms with Crippen LogP contribution in [-0.4, -0.2) is 14.8 Å². The Labute approximate surface area is 86.6 Å². The van der Waals surface area contributed by atoms with E-state index in [2.05, 4.69) is 10.2 Å². The van der Waals surface area contributed by atoms with Crippen LogP contribution in [0.1, 0.15) is 11.4 Å². The first-order chi connectivity index (χ1) is 7.29. The van der Waals surface area contributed by atoms with Crippen molar-refractivity contribution in [2.24, 2.45) is 5.73 Å². The first-order valence-electron chi connectivity index (χ1n) is 4.61. The van der Waals surface area contributed by atoms with E-state index in [1.54, 1.807) is 17.0 Å². The minimum Gasteiger partial charge on any atom is -0.324 e. The predicted molar refractivity (Wildman–Crippen MR) is 53.4 cm³/mol. The maximum Gasteiger partial charge on any atom is 0.146 e. The molecule has 5 heteroatoms. The number of halogens is 1. The summed E-state index contributed by atoms with van der Waals surface area (Å²) in [6.07, 6.45) is 1.59. The molecule has 2 N–H and O–H groups in total. The van der Waals surface area contributed by atoms with Gasteiger partial charge in [-0.2, -0.15) is 0 Å². The Morgan fingerprint density at radius 1 is 1.40 bits per heavy atom. The van der Waals surface area contributed by atoms with Gasteiger partial charge in [0.2, 0.25) is 0 Å². The second-order valence-electron chi connectivity index (χ2n) is 3.21. The summed E-state index contributed by atoms with van der Waals surface area (Å²) in [6, 6.07) is 6.43. The smallest absolute Gasteiger partial charge is 0.146 e. The molecule has 0 saturated carbocycles. The lowest BCUT2D eigenvalue weighted by Gasteiger charge is -2.04. The molecular formula is C10H11FN4. The molecule has 1 aromatic heterocycles. The van der Waals surface area contributed by atoms with E-state index in [0.29, 0.717) is 18.9 Å². The number of hydrogen-bond donors (Lipinski definition) is 1. The third-order valence-electron chi connectivity index (χ3n) is 2.12. The molecule has 0 atom stereocenters. The summed E-state index contributed by atoms with van der Waals surface area (Å²) >= 11 is 0.